The molecule has 0 radical (unpaired) electrons. The second kappa shape index (κ2) is 2.98. The normalized spacial score (nSPS) is 14.2. The van der Waals surface area contributed by atoms with Crippen LogP contribution in [0.3, 0.4) is 0 Å². The lowest BCUT2D eigenvalue weighted by Gasteiger charge is -2.20. The van der Waals surface area contributed by atoms with Crippen molar-refractivity contribution in [3.8, 4) is 0 Å². The number of para-hydroxylation sites is 1. The number of benzene rings is 1. The van der Waals surface area contributed by atoms with Gasteiger partial charge in [-0.1, -0.05) is 24.8 Å². The number of anilines is 1. The molecule has 0 saturated carbocycles. The van der Waals surface area contributed by atoms with Crippen LogP contribution < -0.4 is 10.6 Å². The molecule has 1 aliphatic heterocycles. The van der Waals surface area contributed by atoms with Crippen molar-refractivity contribution in [1.82, 2.24) is 5.32 Å². The molecule has 66 valence electrons. The number of fused-ring (bicyclic) bond motifs is 1. The number of hydrogen-bond acceptors (Lipinski definition) is 2. The fourth-order valence-electron chi connectivity index (χ4n) is 1.44. The molecule has 1 heterocycles. The first-order chi connectivity index (χ1) is 6.31. The first-order valence-electron chi connectivity index (χ1n) is 4.26. The number of hydrogen-bond donors (Lipinski definition) is 2. The molecule has 0 spiro atoms. The Balaban J connectivity index is 2.46. The SMILES string of the molecule is C=C1C=C(NC)Nc2ccccc21. The Morgan fingerprint density at radius 1 is 1.31 bits per heavy atom. The van der Waals surface area contributed by atoms with Crippen LogP contribution in [0.15, 0.2) is 42.7 Å². The second-order valence-corrected chi connectivity index (χ2v) is 3.00. The van der Waals surface area contributed by atoms with Gasteiger partial charge >= 0.3 is 0 Å². The molecule has 2 nitrogen and oxygen atoms in total. The van der Waals surface area contributed by atoms with Crippen molar-refractivity contribution in [2.45, 2.75) is 0 Å². The van der Waals surface area contributed by atoms with Crippen LogP contribution in [-0.2, 0) is 0 Å². The summed E-state index contributed by atoms with van der Waals surface area (Å²) in [4.78, 5) is 0. The van der Waals surface area contributed by atoms with Crippen molar-refractivity contribution in [3.63, 3.8) is 0 Å². The van der Waals surface area contributed by atoms with Gasteiger partial charge in [0.2, 0.25) is 0 Å². The van der Waals surface area contributed by atoms with E-state index in [1.165, 1.54) is 5.56 Å². The summed E-state index contributed by atoms with van der Waals surface area (Å²) < 4.78 is 0. The van der Waals surface area contributed by atoms with Gasteiger partial charge in [-0.15, -0.1) is 0 Å². The Hall–Kier alpha value is -1.70. The summed E-state index contributed by atoms with van der Waals surface area (Å²) in [5, 5.41) is 6.33. The fourth-order valence-corrected chi connectivity index (χ4v) is 1.44. The zero-order valence-corrected chi connectivity index (χ0v) is 7.59. The molecule has 1 aromatic rings. The quantitative estimate of drug-likeness (QED) is 0.678. The zero-order valence-electron chi connectivity index (χ0n) is 7.59. The van der Waals surface area contributed by atoms with Crippen LogP contribution in [0.25, 0.3) is 5.57 Å². The van der Waals surface area contributed by atoms with Crippen LogP contribution in [0.2, 0.25) is 0 Å². The molecule has 1 aromatic carbocycles. The topological polar surface area (TPSA) is 24.1 Å². The highest BCUT2D eigenvalue weighted by molar-refractivity contribution is 5.85. The van der Waals surface area contributed by atoms with E-state index in [4.69, 9.17) is 0 Å². The Kier molecular flexibility index (Phi) is 1.81. The molecule has 0 aromatic heterocycles. The molecule has 2 heteroatoms. The van der Waals surface area contributed by atoms with E-state index in [1.54, 1.807) is 0 Å². The summed E-state index contributed by atoms with van der Waals surface area (Å²) in [6.07, 6.45) is 2.00. The Labute approximate surface area is 78.0 Å². The van der Waals surface area contributed by atoms with Crippen LogP contribution in [0.1, 0.15) is 5.56 Å². The van der Waals surface area contributed by atoms with E-state index in [-0.39, 0.29) is 0 Å². The molecule has 0 unspecified atom stereocenters. The molecule has 13 heavy (non-hydrogen) atoms. The predicted octanol–water partition coefficient (Wildman–Crippen LogP) is 2.19. The lowest BCUT2D eigenvalue weighted by molar-refractivity contribution is 0.993. The van der Waals surface area contributed by atoms with Crippen molar-refractivity contribution >= 4 is 11.3 Å². The third-order valence-electron chi connectivity index (χ3n) is 2.13. The van der Waals surface area contributed by atoms with Crippen molar-refractivity contribution in [3.05, 3.63) is 48.3 Å². The van der Waals surface area contributed by atoms with E-state index in [1.807, 2.05) is 31.3 Å². The van der Waals surface area contributed by atoms with Crippen molar-refractivity contribution in [1.29, 1.82) is 0 Å². The predicted molar refractivity (Wildman–Crippen MR) is 56.2 cm³/mol. The third kappa shape index (κ3) is 1.31. The van der Waals surface area contributed by atoms with E-state index in [0.29, 0.717) is 0 Å². The van der Waals surface area contributed by atoms with Gasteiger partial charge in [-0.25, -0.2) is 0 Å². The standard InChI is InChI=1S/C11H12N2/c1-8-7-11(12-2)13-10-6-4-3-5-9(8)10/h3-7,12-13H,1H2,2H3. The molecule has 2 rings (SSSR count). The first-order valence-corrected chi connectivity index (χ1v) is 4.26. The summed E-state index contributed by atoms with van der Waals surface area (Å²) in [6.45, 7) is 4.00. The highest BCUT2D eigenvalue weighted by atomic mass is 15.1. The van der Waals surface area contributed by atoms with E-state index < -0.39 is 0 Å². The summed E-state index contributed by atoms with van der Waals surface area (Å²) in [6, 6.07) is 8.14. The van der Waals surface area contributed by atoms with Crippen LogP contribution in [0.5, 0.6) is 0 Å². The molecule has 2 N–H and O–H groups in total. The maximum absolute atomic E-state index is 4.00. The first kappa shape index (κ1) is 7.92. The molecule has 0 saturated heterocycles. The van der Waals surface area contributed by atoms with Crippen LogP contribution in [0, 0.1) is 0 Å². The molecular weight excluding hydrogens is 160 g/mol. The average Bonchev–Trinajstić information content (AvgIpc) is 2.18. The smallest absolute Gasteiger partial charge is 0.103 e. The minimum absolute atomic E-state index is 0.990. The van der Waals surface area contributed by atoms with Gasteiger partial charge in [-0.05, 0) is 17.7 Å². The van der Waals surface area contributed by atoms with Crippen molar-refractivity contribution < 1.29 is 0 Å². The van der Waals surface area contributed by atoms with Crippen molar-refractivity contribution in [2.24, 2.45) is 0 Å². The molecule has 0 aliphatic carbocycles. The van der Waals surface area contributed by atoms with Crippen LogP contribution in [0.4, 0.5) is 5.69 Å². The molecule has 0 fully saturated rings. The Morgan fingerprint density at radius 2 is 2.08 bits per heavy atom. The highest BCUT2D eigenvalue weighted by Gasteiger charge is 2.10. The van der Waals surface area contributed by atoms with Gasteiger partial charge in [0.1, 0.15) is 5.82 Å². The number of rotatable bonds is 1. The average molecular weight is 172 g/mol. The van der Waals surface area contributed by atoms with E-state index >= 15 is 0 Å². The van der Waals surface area contributed by atoms with Gasteiger partial charge in [0.05, 0.1) is 0 Å². The lowest BCUT2D eigenvalue weighted by atomic mass is 10.0. The summed E-state index contributed by atoms with van der Waals surface area (Å²) in [5.74, 6) is 0.990. The summed E-state index contributed by atoms with van der Waals surface area (Å²) >= 11 is 0. The number of nitrogens with one attached hydrogen (secondary N) is 2. The van der Waals surface area contributed by atoms with Crippen LogP contribution in [-0.4, -0.2) is 7.05 Å². The fraction of sp³-hybridized carbons (Fsp3) is 0.0909. The molecule has 0 bridgehead atoms. The van der Waals surface area contributed by atoms with Gasteiger partial charge in [0, 0.05) is 18.3 Å². The lowest BCUT2D eigenvalue weighted by Crippen LogP contribution is -2.18. The Morgan fingerprint density at radius 3 is 2.85 bits per heavy atom. The van der Waals surface area contributed by atoms with E-state index in [0.717, 1.165) is 17.1 Å². The maximum Gasteiger partial charge on any atom is 0.103 e. The zero-order chi connectivity index (χ0) is 9.26. The minimum Gasteiger partial charge on any atom is -0.375 e. The van der Waals surface area contributed by atoms with Crippen LogP contribution >= 0.6 is 0 Å². The van der Waals surface area contributed by atoms with Crippen molar-refractivity contribution in [2.75, 3.05) is 12.4 Å². The largest absolute Gasteiger partial charge is 0.375 e. The van der Waals surface area contributed by atoms with Gasteiger partial charge in [-0.3, -0.25) is 0 Å². The van der Waals surface area contributed by atoms with E-state index in [9.17, 15) is 0 Å². The minimum atomic E-state index is 0.990. The van der Waals surface area contributed by atoms with Gasteiger partial charge in [0.25, 0.3) is 0 Å². The maximum atomic E-state index is 4.00. The van der Waals surface area contributed by atoms with Gasteiger partial charge in [0.15, 0.2) is 0 Å². The molecular formula is C11H12N2. The van der Waals surface area contributed by atoms with Gasteiger partial charge < -0.3 is 10.6 Å². The molecule has 1 aliphatic rings. The third-order valence-corrected chi connectivity index (χ3v) is 2.13. The summed E-state index contributed by atoms with van der Waals surface area (Å²) in [5.41, 5.74) is 3.32. The van der Waals surface area contributed by atoms with E-state index in [2.05, 4.69) is 23.3 Å². The monoisotopic (exact) mass is 172 g/mol. The molecule has 0 atom stereocenters. The summed E-state index contributed by atoms with van der Waals surface area (Å²) in [7, 11) is 1.89. The highest BCUT2D eigenvalue weighted by Crippen LogP contribution is 2.28. The second-order valence-electron chi connectivity index (χ2n) is 3.00. The number of allylic oxidation sites excluding steroid dienone is 2. The van der Waals surface area contributed by atoms with Gasteiger partial charge in [-0.2, -0.15) is 0 Å². The molecule has 0 amide bonds. The Bertz CT molecular complexity index is 377.